The summed E-state index contributed by atoms with van der Waals surface area (Å²) in [4.78, 5) is 0. The standard InChI is InChI=1S/C14H17NO/c1-3-5-9-13(4-2)15-14-10-7-6-8-12(14)11-16/h3-10,15-16H,2,11H2,1H3/b5-3-,13-9+. The lowest BCUT2D eigenvalue weighted by atomic mass is 10.2. The number of nitrogens with one attached hydrogen (secondary N) is 1. The lowest BCUT2D eigenvalue weighted by Crippen LogP contribution is -2.00. The van der Waals surface area contributed by atoms with Crippen molar-refractivity contribution in [2.75, 3.05) is 5.32 Å². The fourth-order valence-electron chi connectivity index (χ4n) is 1.30. The van der Waals surface area contributed by atoms with Crippen LogP contribution >= 0.6 is 0 Å². The number of aliphatic hydroxyl groups excluding tert-OH is 1. The van der Waals surface area contributed by atoms with E-state index >= 15 is 0 Å². The van der Waals surface area contributed by atoms with Crippen molar-refractivity contribution in [2.24, 2.45) is 0 Å². The van der Waals surface area contributed by atoms with Gasteiger partial charge in [0, 0.05) is 16.9 Å². The highest BCUT2D eigenvalue weighted by Gasteiger charge is 1.99. The first-order chi connectivity index (χ1) is 7.81. The van der Waals surface area contributed by atoms with Crippen LogP contribution in [-0.2, 0) is 6.61 Å². The highest BCUT2D eigenvalue weighted by atomic mass is 16.3. The largest absolute Gasteiger partial charge is 0.392 e. The molecule has 0 radical (unpaired) electrons. The molecule has 0 fully saturated rings. The Morgan fingerprint density at radius 1 is 1.44 bits per heavy atom. The maximum atomic E-state index is 9.18. The molecular weight excluding hydrogens is 198 g/mol. The van der Waals surface area contributed by atoms with Gasteiger partial charge >= 0.3 is 0 Å². The molecule has 0 bridgehead atoms. The molecule has 1 aromatic rings. The van der Waals surface area contributed by atoms with Gasteiger partial charge in [0.05, 0.1) is 6.61 Å². The van der Waals surface area contributed by atoms with Gasteiger partial charge in [0.2, 0.25) is 0 Å². The highest BCUT2D eigenvalue weighted by Crippen LogP contribution is 2.17. The summed E-state index contributed by atoms with van der Waals surface area (Å²) in [7, 11) is 0. The van der Waals surface area contributed by atoms with Crippen LogP contribution in [0.5, 0.6) is 0 Å². The van der Waals surface area contributed by atoms with Crippen LogP contribution in [-0.4, -0.2) is 5.11 Å². The van der Waals surface area contributed by atoms with E-state index in [0.29, 0.717) is 0 Å². The molecule has 0 heterocycles. The summed E-state index contributed by atoms with van der Waals surface area (Å²) in [6.45, 7) is 5.72. The Morgan fingerprint density at radius 3 is 2.81 bits per heavy atom. The maximum absolute atomic E-state index is 9.18. The molecule has 0 spiro atoms. The first-order valence-electron chi connectivity index (χ1n) is 5.23. The summed E-state index contributed by atoms with van der Waals surface area (Å²) in [6, 6.07) is 7.65. The molecule has 0 aliphatic heterocycles. The number of rotatable bonds is 5. The molecule has 0 saturated carbocycles. The van der Waals surface area contributed by atoms with Gasteiger partial charge in [-0.2, -0.15) is 0 Å². The van der Waals surface area contributed by atoms with Crippen LogP contribution in [0.4, 0.5) is 5.69 Å². The predicted octanol–water partition coefficient (Wildman–Crippen LogP) is 3.24. The minimum Gasteiger partial charge on any atom is -0.392 e. The third kappa shape index (κ3) is 3.41. The minimum absolute atomic E-state index is 0.0250. The molecule has 2 heteroatoms. The average molecular weight is 215 g/mol. The van der Waals surface area contributed by atoms with Crippen LogP contribution in [0.25, 0.3) is 0 Å². The van der Waals surface area contributed by atoms with Crippen LogP contribution in [0.15, 0.2) is 60.8 Å². The fourth-order valence-corrected chi connectivity index (χ4v) is 1.30. The molecular formula is C14H17NO. The molecule has 2 N–H and O–H groups in total. The number of aliphatic hydroxyl groups is 1. The lowest BCUT2D eigenvalue weighted by Gasteiger charge is -2.10. The number of allylic oxidation sites excluding steroid dienone is 4. The normalized spacial score (nSPS) is 11.8. The highest BCUT2D eigenvalue weighted by molar-refractivity contribution is 5.56. The Bertz CT molecular complexity index is 405. The second-order valence-corrected chi connectivity index (χ2v) is 3.29. The summed E-state index contributed by atoms with van der Waals surface area (Å²) in [6.07, 6.45) is 7.56. The SMILES string of the molecule is C=C/C(=C\C=C/C)Nc1ccccc1CO. The third-order valence-corrected chi connectivity index (χ3v) is 2.15. The first-order valence-corrected chi connectivity index (χ1v) is 5.23. The Labute approximate surface area is 96.6 Å². The van der Waals surface area contributed by atoms with Crippen molar-refractivity contribution >= 4 is 5.69 Å². The van der Waals surface area contributed by atoms with Crippen molar-refractivity contribution < 1.29 is 5.11 Å². The third-order valence-electron chi connectivity index (χ3n) is 2.15. The molecule has 0 aromatic heterocycles. The molecule has 84 valence electrons. The van der Waals surface area contributed by atoms with Crippen LogP contribution < -0.4 is 5.32 Å². The quantitative estimate of drug-likeness (QED) is 0.739. The molecule has 0 amide bonds. The number of benzene rings is 1. The monoisotopic (exact) mass is 215 g/mol. The Kier molecular flexibility index (Phi) is 5.09. The average Bonchev–Trinajstić information content (AvgIpc) is 2.34. The molecule has 2 nitrogen and oxygen atoms in total. The molecule has 0 unspecified atom stereocenters. The van der Waals surface area contributed by atoms with E-state index in [1.54, 1.807) is 6.08 Å². The van der Waals surface area contributed by atoms with Gasteiger partial charge < -0.3 is 10.4 Å². The van der Waals surface area contributed by atoms with Crippen molar-refractivity contribution in [3.63, 3.8) is 0 Å². The van der Waals surface area contributed by atoms with Crippen molar-refractivity contribution in [3.8, 4) is 0 Å². The van der Waals surface area contributed by atoms with E-state index in [-0.39, 0.29) is 6.61 Å². The van der Waals surface area contributed by atoms with Gasteiger partial charge in [-0.3, -0.25) is 0 Å². The molecule has 16 heavy (non-hydrogen) atoms. The molecule has 0 saturated heterocycles. The topological polar surface area (TPSA) is 32.3 Å². The van der Waals surface area contributed by atoms with E-state index in [1.807, 2.05) is 49.4 Å². The maximum Gasteiger partial charge on any atom is 0.0702 e. The van der Waals surface area contributed by atoms with Gasteiger partial charge in [-0.25, -0.2) is 0 Å². The van der Waals surface area contributed by atoms with Gasteiger partial charge in [-0.15, -0.1) is 0 Å². The van der Waals surface area contributed by atoms with E-state index in [4.69, 9.17) is 0 Å². The van der Waals surface area contributed by atoms with E-state index in [9.17, 15) is 5.11 Å². The summed E-state index contributed by atoms with van der Waals surface area (Å²) >= 11 is 0. The number of anilines is 1. The van der Waals surface area contributed by atoms with Gasteiger partial charge in [-0.1, -0.05) is 36.9 Å². The Morgan fingerprint density at radius 2 is 2.19 bits per heavy atom. The van der Waals surface area contributed by atoms with Crippen LogP contribution in [0.2, 0.25) is 0 Å². The van der Waals surface area contributed by atoms with E-state index in [1.165, 1.54) is 0 Å². The van der Waals surface area contributed by atoms with Crippen molar-refractivity contribution in [2.45, 2.75) is 13.5 Å². The van der Waals surface area contributed by atoms with Gasteiger partial charge in [0.1, 0.15) is 0 Å². The zero-order chi connectivity index (χ0) is 11.8. The molecule has 0 atom stereocenters. The Hall–Kier alpha value is -1.80. The number of hydrogen-bond acceptors (Lipinski definition) is 2. The first kappa shape index (κ1) is 12.3. The van der Waals surface area contributed by atoms with E-state index in [2.05, 4.69) is 11.9 Å². The smallest absolute Gasteiger partial charge is 0.0702 e. The van der Waals surface area contributed by atoms with Gasteiger partial charge in [0.25, 0.3) is 0 Å². The number of para-hydroxylation sites is 1. The molecule has 1 aromatic carbocycles. The van der Waals surface area contributed by atoms with E-state index in [0.717, 1.165) is 16.9 Å². The summed E-state index contributed by atoms with van der Waals surface area (Å²) in [5, 5.41) is 12.4. The van der Waals surface area contributed by atoms with Crippen molar-refractivity contribution in [3.05, 3.63) is 66.4 Å². The zero-order valence-corrected chi connectivity index (χ0v) is 9.48. The van der Waals surface area contributed by atoms with Crippen molar-refractivity contribution in [1.82, 2.24) is 0 Å². The summed E-state index contributed by atoms with van der Waals surface area (Å²) < 4.78 is 0. The molecule has 0 aliphatic rings. The second-order valence-electron chi connectivity index (χ2n) is 3.29. The van der Waals surface area contributed by atoms with Crippen molar-refractivity contribution in [1.29, 1.82) is 0 Å². The van der Waals surface area contributed by atoms with Gasteiger partial charge in [-0.05, 0) is 25.1 Å². The van der Waals surface area contributed by atoms with E-state index < -0.39 is 0 Å². The predicted molar refractivity (Wildman–Crippen MR) is 69.1 cm³/mol. The minimum atomic E-state index is 0.0250. The molecule has 0 aliphatic carbocycles. The van der Waals surface area contributed by atoms with Gasteiger partial charge in [0.15, 0.2) is 0 Å². The summed E-state index contributed by atoms with van der Waals surface area (Å²) in [5.41, 5.74) is 2.68. The van der Waals surface area contributed by atoms with Crippen LogP contribution in [0.1, 0.15) is 12.5 Å². The molecule has 1 rings (SSSR count). The fraction of sp³-hybridized carbons (Fsp3) is 0.143. The van der Waals surface area contributed by atoms with Crippen LogP contribution in [0, 0.1) is 0 Å². The van der Waals surface area contributed by atoms with Crippen LogP contribution in [0.3, 0.4) is 0 Å². The zero-order valence-electron chi connectivity index (χ0n) is 9.48. The summed E-state index contributed by atoms with van der Waals surface area (Å²) in [5.74, 6) is 0. The second kappa shape index (κ2) is 6.64. The Balaban J connectivity index is 2.89. The number of hydrogen-bond donors (Lipinski definition) is 2. The lowest BCUT2D eigenvalue weighted by molar-refractivity contribution is 0.282.